The lowest BCUT2D eigenvalue weighted by molar-refractivity contribution is -0.125. The van der Waals surface area contributed by atoms with Crippen molar-refractivity contribution in [3.8, 4) is 0 Å². The van der Waals surface area contributed by atoms with Crippen LogP contribution in [0.1, 0.15) is 13.8 Å². The summed E-state index contributed by atoms with van der Waals surface area (Å²) < 4.78 is 31.9. The van der Waals surface area contributed by atoms with Crippen LogP contribution in [0.25, 0.3) is 0 Å². The van der Waals surface area contributed by atoms with Crippen molar-refractivity contribution in [1.29, 1.82) is 0 Å². The Morgan fingerprint density at radius 2 is 1.89 bits per heavy atom. The van der Waals surface area contributed by atoms with Gasteiger partial charge in [0.2, 0.25) is 21.8 Å². The Labute approximate surface area is 171 Å². The number of ether oxygens (including phenoxy) is 1. The summed E-state index contributed by atoms with van der Waals surface area (Å²) in [6.45, 7) is 4.67. The molecule has 9 nitrogen and oxygen atoms in total. The van der Waals surface area contributed by atoms with Crippen LogP contribution in [-0.4, -0.2) is 63.4 Å². The number of benzene rings is 1. The minimum atomic E-state index is -3.65. The molecule has 0 bridgehead atoms. The second-order valence-corrected chi connectivity index (χ2v) is 8.52. The van der Waals surface area contributed by atoms with Crippen LogP contribution in [0.5, 0.6) is 0 Å². The van der Waals surface area contributed by atoms with Gasteiger partial charge in [0.25, 0.3) is 0 Å². The lowest BCUT2D eigenvalue weighted by atomic mass is 10.1. The Morgan fingerprint density at radius 1 is 1.25 bits per heavy atom. The number of nitrogens with two attached hydrogens (primary N) is 1. The summed E-state index contributed by atoms with van der Waals surface area (Å²) in [6, 6.07) is 5.31. The first-order valence-electron chi connectivity index (χ1n) is 8.73. The van der Waals surface area contributed by atoms with Gasteiger partial charge in [-0.3, -0.25) is 9.59 Å². The van der Waals surface area contributed by atoms with Gasteiger partial charge in [0.1, 0.15) is 0 Å². The zero-order valence-electron chi connectivity index (χ0n) is 15.9. The fourth-order valence-corrected chi connectivity index (χ4v) is 3.92. The standard InChI is InChI=1S/C17H26N4O5S.ClH/c1-12(2)16(18)17(23)19-11-15(22)20-13-4-3-5-14(10-13)27(24,25)21-6-8-26-9-7-21;/h3-5,10,12,16H,6-9,11,18H2,1-2H3,(H,19,23)(H,20,22);1H/t16-;/m0./s1. The summed E-state index contributed by atoms with van der Waals surface area (Å²) >= 11 is 0. The van der Waals surface area contributed by atoms with E-state index in [2.05, 4.69) is 10.6 Å². The number of hydrogen-bond donors (Lipinski definition) is 3. The van der Waals surface area contributed by atoms with E-state index < -0.39 is 27.9 Å². The van der Waals surface area contributed by atoms with Gasteiger partial charge in [-0.15, -0.1) is 12.4 Å². The summed E-state index contributed by atoms with van der Waals surface area (Å²) in [5.74, 6) is -0.931. The molecule has 28 heavy (non-hydrogen) atoms. The molecule has 0 aliphatic carbocycles. The molecule has 1 saturated heterocycles. The highest BCUT2D eigenvalue weighted by Crippen LogP contribution is 2.20. The second-order valence-electron chi connectivity index (χ2n) is 6.58. The monoisotopic (exact) mass is 434 g/mol. The maximum absolute atomic E-state index is 12.7. The molecule has 2 amide bonds. The normalized spacial score (nSPS) is 16.1. The van der Waals surface area contributed by atoms with Crippen LogP contribution in [0.4, 0.5) is 5.69 Å². The molecule has 0 unspecified atom stereocenters. The Morgan fingerprint density at radius 3 is 2.50 bits per heavy atom. The Bertz CT molecular complexity index is 782. The zero-order valence-corrected chi connectivity index (χ0v) is 17.5. The van der Waals surface area contributed by atoms with Crippen molar-refractivity contribution in [2.75, 3.05) is 38.2 Å². The second kappa shape index (κ2) is 10.7. The lowest BCUT2D eigenvalue weighted by Gasteiger charge is -2.26. The van der Waals surface area contributed by atoms with E-state index >= 15 is 0 Å². The largest absolute Gasteiger partial charge is 0.379 e. The molecule has 0 radical (unpaired) electrons. The minimum Gasteiger partial charge on any atom is -0.379 e. The summed E-state index contributed by atoms with van der Waals surface area (Å²) in [6.07, 6.45) is 0. The predicted molar refractivity (Wildman–Crippen MR) is 108 cm³/mol. The highest BCUT2D eigenvalue weighted by atomic mass is 35.5. The fourth-order valence-electron chi connectivity index (χ4n) is 2.46. The number of rotatable bonds is 7. The molecular formula is C17H27ClN4O5S. The number of anilines is 1. The molecule has 0 aromatic heterocycles. The van der Waals surface area contributed by atoms with Gasteiger partial charge in [0.15, 0.2) is 0 Å². The number of halogens is 1. The van der Waals surface area contributed by atoms with E-state index in [1.165, 1.54) is 16.4 Å². The van der Waals surface area contributed by atoms with Gasteiger partial charge in [-0.1, -0.05) is 19.9 Å². The van der Waals surface area contributed by atoms with Gasteiger partial charge < -0.3 is 21.1 Å². The van der Waals surface area contributed by atoms with Gasteiger partial charge >= 0.3 is 0 Å². The van der Waals surface area contributed by atoms with Crippen molar-refractivity contribution in [2.24, 2.45) is 11.7 Å². The first kappa shape index (κ1) is 24.3. The molecule has 1 heterocycles. The van der Waals surface area contributed by atoms with Crippen LogP contribution in [0.15, 0.2) is 29.2 Å². The smallest absolute Gasteiger partial charge is 0.243 e. The van der Waals surface area contributed by atoms with Gasteiger partial charge in [-0.05, 0) is 24.1 Å². The zero-order chi connectivity index (χ0) is 20.0. The molecule has 158 valence electrons. The molecule has 1 aliphatic heterocycles. The van der Waals surface area contributed by atoms with E-state index in [1.807, 2.05) is 13.8 Å². The highest BCUT2D eigenvalue weighted by molar-refractivity contribution is 7.89. The third-order valence-corrected chi connectivity index (χ3v) is 6.06. The SMILES string of the molecule is CC(C)[C@H](N)C(=O)NCC(=O)Nc1cccc(S(=O)(=O)N2CCOCC2)c1.Cl. The molecule has 1 aromatic rings. The third-order valence-electron chi connectivity index (χ3n) is 4.17. The number of sulfonamides is 1. The Kier molecular flexibility index (Phi) is 9.31. The summed E-state index contributed by atoms with van der Waals surface area (Å²) in [5.41, 5.74) is 6.04. The summed E-state index contributed by atoms with van der Waals surface area (Å²) in [5, 5.41) is 5.04. The van der Waals surface area contributed by atoms with Crippen LogP contribution in [0.3, 0.4) is 0 Å². The van der Waals surface area contributed by atoms with Crippen LogP contribution in [0, 0.1) is 5.92 Å². The van der Waals surface area contributed by atoms with Crippen molar-refractivity contribution >= 4 is 39.9 Å². The van der Waals surface area contributed by atoms with E-state index in [1.54, 1.807) is 12.1 Å². The van der Waals surface area contributed by atoms with Crippen LogP contribution >= 0.6 is 12.4 Å². The Hall–Kier alpha value is -1.72. The summed E-state index contributed by atoms with van der Waals surface area (Å²) in [4.78, 5) is 23.9. The number of hydrogen-bond acceptors (Lipinski definition) is 6. The molecule has 1 fully saturated rings. The number of morpholine rings is 1. The van der Waals surface area contributed by atoms with Gasteiger partial charge in [-0.2, -0.15) is 4.31 Å². The van der Waals surface area contributed by atoms with Crippen LogP contribution in [-0.2, 0) is 24.3 Å². The minimum absolute atomic E-state index is 0. The Balaban J connectivity index is 0.00000392. The van der Waals surface area contributed by atoms with E-state index in [9.17, 15) is 18.0 Å². The van der Waals surface area contributed by atoms with E-state index in [0.717, 1.165) is 0 Å². The van der Waals surface area contributed by atoms with Gasteiger partial charge in [0.05, 0.1) is 30.7 Å². The van der Waals surface area contributed by atoms with Crippen LogP contribution < -0.4 is 16.4 Å². The quantitative estimate of drug-likeness (QED) is 0.560. The molecule has 1 atom stereocenters. The van der Waals surface area contributed by atoms with Crippen molar-refractivity contribution in [1.82, 2.24) is 9.62 Å². The molecule has 1 aromatic carbocycles. The summed E-state index contributed by atoms with van der Waals surface area (Å²) in [7, 11) is -3.65. The average molecular weight is 435 g/mol. The molecule has 2 rings (SSSR count). The molecule has 11 heteroatoms. The molecular weight excluding hydrogens is 408 g/mol. The number of carbonyl (C=O) groups is 2. The first-order chi connectivity index (χ1) is 12.7. The van der Waals surface area contributed by atoms with Crippen molar-refractivity contribution in [2.45, 2.75) is 24.8 Å². The third kappa shape index (κ3) is 6.42. The maximum atomic E-state index is 12.7. The number of nitrogens with one attached hydrogen (secondary N) is 2. The van der Waals surface area contributed by atoms with E-state index in [4.69, 9.17) is 10.5 Å². The molecule has 4 N–H and O–H groups in total. The molecule has 0 spiro atoms. The molecule has 0 saturated carbocycles. The fraction of sp³-hybridized carbons (Fsp3) is 0.529. The number of nitrogens with zero attached hydrogens (tertiary/aromatic N) is 1. The first-order valence-corrected chi connectivity index (χ1v) is 10.2. The predicted octanol–water partition coefficient (Wildman–Crippen LogP) is 0.167. The van der Waals surface area contributed by atoms with Gasteiger partial charge in [-0.25, -0.2) is 8.42 Å². The highest BCUT2D eigenvalue weighted by Gasteiger charge is 2.26. The van der Waals surface area contributed by atoms with E-state index in [-0.39, 0.29) is 29.8 Å². The topological polar surface area (TPSA) is 131 Å². The van der Waals surface area contributed by atoms with Crippen molar-refractivity contribution < 1.29 is 22.7 Å². The molecule has 1 aliphatic rings. The number of carbonyl (C=O) groups excluding carboxylic acids is 2. The lowest BCUT2D eigenvalue weighted by Crippen LogP contribution is -2.46. The van der Waals surface area contributed by atoms with Crippen molar-refractivity contribution in [3.63, 3.8) is 0 Å². The maximum Gasteiger partial charge on any atom is 0.243 e. The van der Waals surface area contributed by atoms with Crippen molar-refractivity contribution in [3.05, 3.63) is 24.3 Å². The van der Waals surface area contributed by atoms with Crippen LogP contribution in [0.2, 0.25) is 0 Å². The van der Waals surface area contributed by atoms with E-state index in [0.29, 0.717) is 32.0 Å². The van der Waals surface area contributed by atoms with Gasteiger partial charge in [0, 0.05) is 18.8 Å². The number of amides is 2. The average Bonchev–Trinajstić information content (AvgIpc) is 2.66.